The van der Waals surface area contributed by atoms with Crippen LogP contribution >= 0.6 is 0 Å². The van der Waals surface area contributed by atoms with Crippen molar-refractivity contribution in [1.29, 1.82) is 0 Å². The van der Waals surface area contributed by atoms with Gasteiger partial charge in [-0.2, -0.15) is 0 Å². The van der Waals surface area contributed by atoms with Crippen LogP contribution in [0.5, 0.6) is 5.75 Å². The average Bonchev–Trinajstić information content (AvgIpc) is 2.77. The summed E-state index contributed by atoms with van der Waals surface area (Å²) in [5.74, 6) is 2.37. The minimum atomic E-state index is -0.303. The van der Waals surface area contributed by atoms with Crippen molar-refractivity contribution in [3.8, 4) is 5.75 Å². The van der Waals surface area contributed by atoms with Gasteiger partial charge in [-0.25, -0.2) is 4.79 Å². The van der Waals surface area contributed by atoms with Crippen LogP contribution in [-0.4, -0.2) is 17.6 Å². The van der Waals surface area contributed by atoms with E-state index >= 15 is 0 Å². The van der Waals surface area contributed by atoms with Crippen molar-refractivity contribution >= 4 is 17.0 Å². The molecule has 2 aliphatic rings. The van der Waals surface area contributed by atoms with Gasteiger partial charge in [0.1, 0.15) is 23.2 Å². The normalized spacial score (nSPS) is 20.8. The lowest BCUT2D eigenvalue weighted by molar-refractivity contribution is 0.140. The summed E-state index contributed by atoms with van der Waals surface area (Å²) in [5.41, 5.74) is 4.90. The monoisotopic (exact) mass is 430 g/mol. The Morgan fingerprint density at radius 1 is 1.22 bits per heavy atom. The molecule has 1 aliphatic carbocycles. The van der Waals surface area contributed by atoms with Gasteiger partial charge in [0.15, 0.2) is 0 Å². The Hall–Kier alpha value is -2.92. The van der Waals surface area contributed by atoms with Gasteiger partial charge in [-0.3, -0.25) is 4.98 Å². The molecule has 0 radical (unpaired) electrons. The number of nitrogens with one attached hydrogen (secondary N) is 1. The Morgan fingerprint density at radius 2 is 2.06 bits per heavy atom. The van der Waals surface area contributed by atoms with Crippen LogP contribution in [0.4, 0.5) is 0 Å². The first-order valence-electron chi connectivity index (χ1n) is 11.6. The van der Waals surface area contributed by atoms with Gasteiger partial charge in [0.25, 0.3) is 0 Å². The molecule has 0 bridgehead atoms. The molecule has 5 rings (SSSR count). The molecule has 2 aromatic heterocycles. The first-order chi connectivity index (χ1) is 15.5. The van der Waals surface area contributed by atoms with Crippen LogP contribution in [0.3, 0.4) is 0 Å². The molecule has 1 N–H and O–H groups in total. The van der Waals surface area contributed by atoms with E-state index in [1.165, 1.54) is 16.5 Å². The van der Waals surface area contributed by atoms with Crippen molar-refractivity contribution in [3.63, 3.8) is 0 Å². The molecule has 3 atom stereocenters. The van der Waals surface area contributed by atoms with Crippen molar-refractivity contribution < 1.29 is 9.15 Å². The van der Waals surface area contributed by atoms with Crippen LogP contribution in [0, 0.1) is 25.7 Å². The number of fused-ring (bicyclic) bond motifs is 3. The molecule has 3 aromatic rings. The largest absolute Gasteiger partial charge is 0.485 e. The third kappa shape index (κ3) is 4.09. The van der Waals surface area contributed by atoms with E-state index in [0.717, 1.165) is 43.6 Å². The molecule has 32 heavy (non-hydrogen) atoms. The molecule has 1 unspecified atom stereocenters. The maximum Gasteiger partial charge on any atom is 0.346 e. The number of pyridine rings is 1. The van der Waals surface area contributed by atoms with Gasteiger partial charge in [0, 0.05) is 18.0 Å². The standard InChI is InChI=1S/C27H30N2O3/c1-16-10-21(29-24-7-5-4-6-22(16)24)15-28-14-17(2)19-8-9-20-12-23-26(32-25(20)13-19)11-18(3)31-27(23)30/h4-7,10-12,17,19,25,28H,8-9,13-15H2,1-3H3/t17?,19-,25-/m0/s1. The molecule has 1 aliphatic heterocycles. The Morgan fingerprint density at radius 3 is 2.94 bits per heavy atom. The van der Waals surface area contributed by atoms with Gasteiger partial charge in [-0.05, 0) is 80.8 Å². The van der Waals surface area contributed by atoms with E-state index in [1.54, 1.807) is 6.92 Å². The van der Waals surface area contributed by atoms with Crippen LogP contribution < -0.4 is 15.7 Å². The number of para-hydroxylation sites is 1. The lowest BCUT2D eigenvalue weighted by Gasteiger charge is -2.37. The molecule has 0 amide bonds. The second-order valence-electron chi connectivity index (χ2n) is 9.34. The minimum absolute atomic E-state index is 0.0645. The fourth-order valence-corrected chi connectivity index (χ4v) is 5.13. The Bertz CT molecular complexity index is 1240. The zero-order chi connectivity index (χ0) is 22.2. The third-order valence-electron chi connectivity index (χ3n) is 6.96. The molecule has 1 fully saturated rings. The van der Waals surface area contributed by atoms with E-state index < -0.39 is 0 Å². The van der Waals surface area contributed by atoms with E-state index in [1.807, 2.05) is 18.2 Å². The van der Waals surface area contributed by atoms with Crippen LogP contribution in [0.15, 0.2) is 51.2 Å². The molecular formula is C27H30N2O3. The predicted octanol–water partition coefficient (Wildman–Crippen LogP) is 5.18. The predicted molar refractivity (Wildman–Crippen MR) is 127 cm³/mol. The summed E-state index contributed by atoms with van der Waals surface area (Å²) in [6.07, 6.45) is 5.14. The summed E-state index contributed by atoms with van der Waals surface area (Å²) in [4.78, 5) is 17.0. The molecule has 0 spiro atoms. The van der Waals surface area contributed by atoms with Crippen molar-refractivity contribution in [3.05, 3.63) is 75.0 Å². The highest BCUT2D eigenvalue weighted by Crippen LogP contribution is 2.40. The summed E-state index contributed by atoms with van der Waals surface area (Å²) >= 11 is 0. The number of hydrogen-bond acceptors (Lipinski definition) is 5. The van der Waals surface area contributed by atoms with Crippen molar-refractivity contribution in [1.82, 2.24) is 10.3 Å². The highest BCUT2D eigenvalue weighted by molar-refractivity contribution is 5.82. The van der Waals surface area contributed by atoms with Gasteiger partial charge < -0.3 is 14.5 Å². The minimum Gasteiger partial charge on any atom is -0.485 e. The first-order valence-corrected chi connectivity index (χ1v) is 11.6. The fourth-order valence-electron chi connectivity index (χ4n) is 5.13. The van der Waals surface area contributed by atoms with Gasteiger partial charge in [0.2, 0.25) is 0 Å². The molecule has 5 nitrogen and oxygen atoms in total. The zero-order valence-electron chi connectivity index (χ0n) is 19.0. The van der Waals surface area contributed by atoms with E-state index in [-0.39, 0.29) is 11.7 Å². The maximum absolute atomic E-state index is 12.2. The van der Waals surface area contributed by atoms with Gasteiger partial charge in [-0.15, -0.1) is 0 Å². The fraction of sp³-hybridized carbons (Fsp3) is 0.407. The maximum atomic E-state index is 12.2. The molecule has 166 valence electrons. The van der Waals surface area contributed by atoms with Gasteiger partial charge in [0.05, 0.1) is 11.2 Å². The van der Waals surface area contributed by atoms with Crippen molar-refractivity contribution in [2.24, 2.45) is 11.8 Å². The first kappa shape index (κ1) is 21.0. The topological polar surface area (TPSA) is 64.4 Å². The summed E-state index contributed by atoms with van der Waals surface area (Å²) in [5, 5.41) is 4.84. The Balaban J connectivity index is 1.20. The molecular weight excluding hydrogens is 400 g/mol. The third-order valence-corrected chi connectivity index (χ3v) is 6.96. The highest BCUT2D eigenvalue weighted by atomic mass is 16.5. The number of aromatic nitrogens is 1. The van der Waals surface area contributed by atoms with E-state index in [0.29, 0.717) is 28.9 Å². The van der Waals surface area contributed by atoms with Crippen molar-refractivity contribution in [2.75, 3.05) is 6.54 Å². The van der Waals surface area contributed by atoms with Crippen LogP contribution in [0.2, 0.25) is 0 Å². The molecule has 0 saturated heterocycles. The highest BCUT2D eigenvalue weighted by Gasteiger charge is 2.33. The van der Waals surface area contributed by atoms with Crippen LogP contribution in [0.1, 0.15) is 48.8 Å². The molecule has 1 aromatic carbocycles. The number of ether oxygens (including phenoxy) is 1. The molecule has 5 heteroatoms. The Kier molecular flexibility index (Phi) is 5.60. The second-order valence-corrected chi connectivity index (χ2v) is 9.34. The zero-order valence-corrected chi connectivity index (χ0v) is 19.0. The van der Waals surface area contributed by atoms with E-state index in [2.05, 4.69) is 43.4 Å². The van der Waals surface area contributed by atoms with Crippen molar-refractivity contribution in [2.45, 2.75) is 52.7 Å². The number of hydrogen-bond donors (Lipinski definition) is 1. The summed E-state index contributed by atoms with van der Waals surface area (Å²) in [7, 11) is 0. The molecule has 3 heterocycles. The SMILES string of the molecule is Cc1cc2c(c(=O)o1)C=C1CC[C@H](C(C)CNCc3cc(C)c4ccccc4n3)C[C@@H]1O2. The number of rotatable bonds is 5. The van der Waals surface area contributed by atoms with E-state index in [9.17, 15) is 4.79 Å². The lowest BCUT2D eigenvalue weighted by Crippen LogP contribution is -2.36. The second kappa shape index (κ2) is 8.55. The number of benzene rings is 1. The molecule has 1 saturated carbocycles. The lowest BCUT2D eigenvalue weighted by atomic mass is 9.76. The average molecular weight is 431 g/mol. The van der Waals surface area contributed by atoms with Crippen LogP contribution in [-0.2, 0) is 6.54 Å². The number of nitrogens with zero attached hydrogens (tertiary/aromatic N) is 1. The van der Waals surface area contributed by atoms with E-state index in [4.69, 9.17) is 14.1 Å². The smallest absolute Gasteiger partial charge is 0.346 e. The summed E-state index contributed by atoms with van der Waals surface area (Å²) < 4.78 is 11.5. The number of aryl methyl sites for hydroxylation is 2. The summed E-state index contributed by atoms with van der Waals surface area (Å²) in [6, 6.07) is 12.3. The Labute approximate surface area is 188 Å². The summed E-state index contributed by atoms with van der Waals surface area (Å²) in [6.45, 7) is 7.98. The van der Waals surface area contributed by atoms with Gasteiger partial charge >= 0.3 is 5.63 Å². The quantitative estimate of drug-likeness (QED) is 0.605. The van der Waals surface area contributed by atoms with Crippen LogP contribution in [0.25, 0.3) is 17.0 Å². The van der Waals surface area contributed by atoms with Gasteiger partial charge in [-0.1, -0.05) is 25.1 Å².